The minimum atomic E-state index is -0.382. The third-order valence-electron chi connectivity index (χ3n) is 4.67. The molecule has 3 aromatic carbocycles. The maximum absolute atomic E-state index is 12.3. The summed E-state index contributed by atoms with van der Waals surface area (Å²) in [4.78, 5) is 38.2. The summed E-state index contributed by atoms with van der Waals surface area (Å²) in [7, 11) is 1.70. The summed E-state index contributed by atoms with van der Waals surface area (Å²) < 4.78 is 0. The molecule has 5 amide bonds. The van der Waals surface area contributed by atoms with Gasteiger partial charge in [0.1, 0.15) is 0 Å². The number of carbonyl (C=O) groups is 3. The van der Waals surface area contributed by atoms with Crippen molar-refractivity contribution in [1.82, 2.24) is 10.2 Å². The van der Waals surface area contributed by atoms with Crippen LogP contribution >= 0.6 is 0 Å². The second kappa shape index (κ2) is 11.9. The van der Waals surface area contributed by atoms with Crippen molar-refractivity contribution in [3.05, 3.63) is 90.5 Å². The molecular weight excluding hydrogens is 418 g/mol. The lowest BCUT2D eigenvalue weighted by atomic mass is 10.2. The maximum Gasteiger partial charge on any atom is 0.323 e. The molecule has 0 saturated heterocycles. The standard InChI is InChI=1S/C25H27N5O3/c1-30(18-19-9-4-2-5-10-19)25(33)26-16-15-23(31)27-21-13-8-14-22(17-21)29-24(32)28-20-11-6-3-7-12-20/h2-14,17H,15-16,18H2,1H3,(H,26,33)(H,27,31)(H2,28,29,32). The van der Waals surface area contributed by atoms with Crippen molar-refractivity contribution in [1.29, 1.82) is 0 Å². The Bertz CT molecular complexity index is 1070. The van der Waals surface area contributed by atoms with Gasteiger partial charge >= 0.3 is 12.1 Å². The summed E-state index contributed by atoms with van der Waals surface area (Å²) >= 11 is 0. The summed E-state index contributed by atoms with van der Waals surface area (Å²) in [5.74, 6) is -0.244. The van der Waals surface area contributed by atoms with E-state index in [1.807, 2.05) is 48.5 Å². The first-order chi connectivity index (χ1) is 16.0. The van der Waals surface area contributed by atoms with E-state index in [4.69, 9.17) is 0 Å². The fourth-order valence-corrected chi connectivity index (χ4v) is 3.06. The number of amides is 5. The van der Waals surface area contributed by atoms with E-state index in [0.29, 0.717) is 23.6 Å². The lowest BCUT2D eigenvalue weighted by Crippen LogP contribution is -2.38. The van der Waals surface area contributed by atoms with Crippen LogP contribution in [0, 0.1) is 0 Å². The monoisotopic (exact) mass is 445 g/mol. The lowest BCUT2D eigenvalue weighted by Gasteiger charge is -2.18. The number of hydrogen-bond donors (Lipinski definition) is 4. The van der Waals surface area contributed by atoms with Gasteiger partial charge in [0.05, 0.1) is 0 Å². The Morgan fingerprint density at radius 1 is 0.727 bits per heavy atom. The second-order valence-electron chi connectivity index (χ2n) is 7.40. The van der Waals surface area contributed by atoms with Crippen molar-refractivity contribution >= 4 is 35.0 Å². The van der Waals surface area contributed by atoms with Crippen molar-refractivity contribution in [2.45, 2.75) is 13.0 Å². The highest BCUT2D eigenvalue weighted by atomic mass is 16.2. The quantitative estimate of drug-likeness (QED) is 0.410. The molecule has 170 valence electrons. The average molecular weight is 446 g/mol. The predicted octanol–water partition coefficient (Wildman–Crippen LogP) is 4.50. The first-order valence-electron chi connectivity index (χ1n) is 10.6. The number of benzene rings is 3. The van der Waals surface area contributed by atoms with Crippen LogP contribution in [-0.4, -0.2) is 36.5 Å². The van der Waals surface area contributed by atoms with E-state index in [1.54, 1.807) is 48.3 Å². The van der Waals surface area contributed by atoms with E-state index in [0.717, 1.165) is 5.56 Å². The zero-order chi connectivity index (χ0) is 23.5. The Morgan fingerprint density at radius 3 is 2.00 bits per heavy atom. The zero-order valence-corrected chi connectivity index (χ0v) is 18.4. The number of carbonyl (C=O) groups excluding carboxylic acids is 3. The molecule has 33 heavy (non-hydrogen) atoms. The third-order valence-corrected chi connectivity index (χ3v) is 4.67. The highest BCUT2D eigenvalue weighted by Gasteiger charge is 2.10. The number of nitrogens with zero attached hydrogens (tertiary/aromatic N) is 1. The van der Waals surface area contributed by atoms with E-state index in [-0.39, 0.29) is 30.9 Å². The summed E-state index contributed by atoms with van der Waals surface area (Å²) in [6.07, 6.45) is 0.122. The van der Waals surface area contributed by atoms with Crippen LogP contribution in [-0.2, 0) is 11.3 Å². The Kier molecular flexibility index (Phi) is 8.41. The number of rotatable bonds is 8. The number of hydrogen-bond acceptors (Lipinski definition) is 3. The van der Waals surface area contributed by atoms with Gasteiger partial charge in [0.15, 0.2) is 0 Å². The Balaban J connectivity index is 1.41. The van der Waals surface area contributed by atoms with Crippen LogP contribution in [0.4, 0.5) is 26.7 Å². The fourth-order valence-electron chi connectivity index (χ4n) is 3.06. The molecular formula is C25H27N5O3. The normalized spacial score (nSPS) is 10.1. The van der Waals surface area contributed by atoms with E-state index in [9.17, 15) is 14.4 Å². The van der Waals surface area contributed by atoms with Crippen LogP contribution in [0.1, 0.15) is 12.0 Å². The summed E-state index contributed by atoms with van der Waals surface area (Å²) in [6.45, 7) is 0.692. The van der Waals surface area contributed by atoms with Gasteiger partial charge in [0, 0.05) is 43.6 Å². The summed E-state index contributed by atoms with van der Waals surface area (Å²) in [6, 6.07) is 25.0. The Labute approximate surface area is 193 Å². The molecule has 0 spiro atoms. The summed E-state index contributed by atoms with van der Waals surface area (Å²) in [5, 5.41) is 11.0. The first kappa shape index (κ1) is 23.3. The van der Waals surface area contributed by atoms with Crippen molar-refractivity contribution in [2.24, 2.45) is 0 Å². The van der Waals surface area contributed by atoms with Crippen LogP contribution in [0.5, 0.6) is 0 Å². The molecule has 0 unspecified atom stereocenters. The fraction of sp³-hybridized carbons (Fsp3) is 0.160. The number of anilines is 3. The smallest absolute Gasteiger partial charge is 0.323 e. The molecule has 0 saturated carbocycles. The van der Waals surface area contributed by atoms with Crippen LogP contribution in [0.25, 0.3) is 0 Å². The Hall–Kier alpha value is -4.33. The molecule has 0 aliphatic rings. The molecule has 4 N–H and O–H groups in total. The van der Waals surface area contributed by atoms with Crippen molar-refractivity contribution in [2.75, 3.05) is 29.5 Å². The predicted molar refractivity (Wildman–Crippen MR) is 130 cm³/mol. The van der Waals surface area contributed by atoms with Crippen molar-refractivity contribution < 1.29 is 14.4 Å². The molecule has 0 radical (unpaired) electrons. The number of para-hydroxylation sites is 1. The van der Waals surface area contributed by atoms with Gasteiger partial charge in [-0.25, -0.2) is 9.59 Å². The third kappa shape index (κ3) is 8.02. The minimum absolute atomic E-state index is 0.122. The van der Waals surface area contributed by atoms with Gasteiger partial charge < -0.3 is 26.2 Å². The van der Waals surface area contributed by atoms with Gasteiger partial charge in [-0.1, -0.05) is 54.6 Å². The molecule has 0 atom stereocenters. The molecule has 0 fully saturated rings. The van der Waals surface area contributed by atoms with Gasteiger partial charge in [0.2, 0.25) is 5.91 Å². The van der Waals surface area contributed by atoms with E-state index in [2.05, 4.69) is 21.3 Å². The molecule has 0 aliphatic carbocycles. The van der Waals surface area contributed by atoms with E-state index >= 15 is 0 Å². The topological polar surface area (TPSA) is 103 Å². The van der Waals surface area contributed by atoms with Crippen LogP contribution in [0.2, 0.25) is 0 Å². The van der Waals surface area contributed by atoms with Gasteiger partial charge in [-0.3, -0.25) is 4.79 Å². The van der Waals surface area contributed by atoms with E-state index in [1.165, 1.54) is 0 Å². The van der Waals surface area contributed by atoms with Crippen LogP contribution in [0.15, 0.2) is 84.9 Å². The molecule has 8 nitrogen and oxygen atoms in total. The molecule has 0 aromatic heterocycles. The molecule has 3 aromatic rings. The lowest BCUT2D eigenvalue weighted by molar-refractivity contribution is -0.116. The average Bonchev–Trinajstić information content (AvgIpc) is 2.80. The molecule has 0 bridgehead atoms. The minimum Gasteiger partial charge on any atom is -0.337 e. The number of urea groups is 2. The molecule has 8 heteroatoms. The largest absolute Gasteiger partial charge is 0.337 e. The highest BCUT2D eigenvalue weighted by molar-refractivity contribution is 6.00. The van der Waals surface area contributed by atoms with Gasteiger partial charge in [-0.15, -0.1) is 0 Å². The zero-order valence-electron chi connectivity index (χ0n) is 18.4. The second-order valence-corrected chi connectivity index (χ2v) is 7.40. The molecule has 3 rings (SSSR count). The van der Waals surface area contributed by atoms with Gasteiger partial charge in [-0.2, -0.15) is 0 Å². The van der Waals surface area contributed by atoms with Gasteiger partial charge in [-0.05, 0) is 35.9 Å². The SMILES string of the molecule is CN(Cc1ccccc1)C(=O)NCCC(=O)Nc1cccc(NC(=O)Nc2ccccc2)c1. The van der Waals surface area contributed by atoms with Crippen LogP contribution in [0.3, 0.4) is 0 Å². The summed E-state index contributed by atoms with van der Waals surface area (Å²) in [5.41, 5.74) is 2.79. The number of nitrogens with one attached hydrogen (secondary N) is 4. The molecule has 0 aliphatic heterocycles. The van der Waals surface area contributed by atoms with Crippen molar-refractivity contribution in [3.63, 3.8) is 0 Å². The maximum atomic E-state index is 12.3. The van der Waals surface area contributed by atoms with E-state index < -0.39 is 0 Å². The van der Waals surface area contributed by atoms with Crippen LogP contribution < -0.4 is 21.3 Å². The Morgan fingerprint density at radius 2 is 1.30 bits per heavy atom. The molecule has 0 heterocycles. The highest BCUT2D eigenvalue weighted by Crippen LogP contribution is 2.16. The first-order valence-corrected chi connectivity index (χ1v) is 10.6. The van der Waals surface area contributed by atoms with Gasteiger partial charge in [0.25, 0.3) is 0 Å². The van der Waals surface area contributed by atoms with Crippen molar-refractivity contribution in [3.8, 4) is 0 Å².